The van der Waals surface area contributed by atoms with Gasteiger partial charge in [-0.3, -0.25) is 10.1 Å². The molecule has 0 aromatic heterocycles. The number of hydroxylamine groups is 2. The van der Waals surface area contributed by atoms with Crippen molar-refractivity contribution < 1.29 is 9.63 Å². The van der Waals surface area contributed by atoms with Crippen molar-refractivity contribution >= 4 is 12.0 Å². The summed E-state index contributed by atoms with van der Waals surface area (Å²) in [6, 6.07) is 9.77. The minimum absolute atomic E-state index is 0.182. The van der Waals surface area contributed by atoms with Crippen LogP contribution in [0.15, 0.2) is 35.9 Å². The zero-order valence-corrected chi connectivity index (χ0v) is 13.2. The molecule has 1 aromatic rings. The van der Waals surface area contributed by atoms with Crippen molar-refractivity contribution in [2.24, 2.45) is 0 Å². The van der Waals surface area contributed by atoms with Crippen LogP contribution in [0.1, 0.15) is 40.2 Å². The lowest BCUT2D eigenvalue weighted by Gasteiger charge is -2.38. The summed E-state index contributed by atoms with van der Waals surface area (Å²) in [6.45, 7) is 10.5. The molecule has 0 saturated carbocycles. The first-order valence-electron chi connectivity index (χ1n) is 7.27. The Kier molecular flexibility index (Phi) is 2.85. The van der Waals surface area contributed by atoms with Gasteiger partial charge in [0.2, 0.25) is 0 Å². The Hall–Kier alpha value is -1.65. The van der Waals surface area contributed by atoms with Crippen molar-refractivity contribution in [3.63, 3.8) is 0 Å². The van der Waals surface area contributed by atoms with Crippen molar-refractivity contribution in [3.05, 3.63) is 41.5 Å². The molecule has 2 aliphatic rings. The first-order valence-corrected chi connectivity index (χ1v) is 7.27. The number of hydrogen-bond acceptors (Lipinski definition) is 4. The van der Waals surface area contributed by atoms with Gasteiger partial charge in [0, 0.05) is 11.1 Å². The van der Waals surface area contributed by atoms with Crippen LogP contribution in [0.2, 0.25) is 0 Å². The van der Waals surface area contributed by atoms with Crippen molar-refractivity contribution in [1.82, 2.24) is 10.4 Å². The van der Waals surface area contributed by atoms with E-state index in [0.717, 1.165) is 11.8 Å². The summed E-state index contributed by atoms with van der Waals surface area (Å²) < 4.78 is 0. The predicted octanol–water partition coefficient (Wildman–Crippen LogP) is 2.72. The average molecular weight is 286 g/mol. The number of rotatable bonds is 2. The molecule has 1 fully saturated rings. The topological polar surface area (TPSA) is 41.6 Å². The predicted molar refractivity (Wildman–Crippen MR) is 82.0 cm³/mol. The van der Waals surface area contributed by atoms with E-state index in [0.29, 0.717) is 11.3 Å². The summed E-state index contributed by atoms with van der Waals surface area (Å²) in [5.41, 5.74) is 0.517. The molecule has 0 bridgehead atoms. The normalized spacial score (nSPS) is 30.1. The largest absolute Gasteiger partial charge is 0.402 e. The summed E-state index contributed by atoms with van der Waals surface area (Å²) in [4.78, 5) is 17.9. The molecule has 0 amide bonds. The van der Waals surface area contributed by atoms with E-state index in [-0.39, 0.29) is 11.1 Å². The maximum Gasteiger partial charge on any atom is 0.164 e. The van der Waals surface area contributed by atoms with Gasteiger partial charge in [0.25, 0.3) is 0 Å². The third-order valence-corrected chi connectivity index (χ3v) is 5.10. The fourth-order valence-corrected chi connectivity index (χ4v) is 3.33. The van der Waals surface area contributed by atoms with Gasteiger partial charge >= 0.3 is 0 Å². The summed E-state index contributed by atoms with van der Waals surface area (Å²) >= 11 is 0. The fraction of sp³-hybridized carbons (Fsp3) is 0.471. The Morgan fingerprint density at radius 3 is 2.29 bits per heavy atom. The minimum atomic E-state index is -0.611. The molecule has 2 heterocycles. The number of hydrogen-bond donors (Lipinski definition) is 1. The first-order chi connectivity index (χ1) is 9.74. The van der Waals surface area contributed by atoms with Gasteiger partial charge in [0.05, 0.1) is 11.1 Å². The van der Waals surface area contributed by atoms with E-state index in [9.17, 15) is 4.79 Å². The Bertz CT molecular complexity index is 619. The van der Waals surface area contributed by atoms with Crippen LogP contribution in [0.3, 0.4) is 0 Å². The van der Waals surface area contributed by atoms with Crippen molar-refractivity contribution in [2.45, 2.75) is 51.4 Å². The molecule has 3 rings (SSSR count). The van der Waals surface area contributed by atoms with Crippen molar-refractivity contribution in [2.75, 3.05) is 0 Å². The first kappa shape index (κ1) is 14.3. The average Bonchev–Trinajstić information content (AvgIpc) is 2.77. The number of nitrogens with zero attached hydrogens (tertiary/aromatic N) is 1. The Morgan fingerprint density at radius 1 is 1.10 bits per heavy atom. The zero-order valence-electron chi connectivity index (χ0n) is 13.2. The standard InChI is InChI=1S/C17H22N2O2/c1-15(2)16(3,4)19-17(5,18-15)13(11-20)14(21-19)12-9-7-6-8-10-12/h6-11,18H,1-5H3. The van der Waals surface area contributed by atoms with Crippen LogP contribution in [-0.2, 0) is 9.63 Å². The molecule has 1 atom stereocenters. The van der Waals surface area contributed by atoms with Crippen LogP contribution in [-0.4, -0.2) is 28.1 Å². The van der Waals surface area contributed by atoms with Gasteiger partial charge in [-0.15, -0.1) is 5.06 Å². The number of fused-ring (bicyclic) bond motifs is 1. The van der Waals surface area contributed by atoms with E-state index >= 15 is 0 Å². The van der Waals surface area contributed by atoms with E-state index in [1.165, 1.54) is 0 Å². The Morgan fingerprint density at radius 2 is 1.71 bits per heavy atom. The summed E-state index contributed by atoms with van der Waals surface area (Å²) in [5.74, 6) is 0.643. The van der Waals surface area contributed by atoms with Crippen LogP contribution in [0.25, 0.3) is 5.76 Å². The van der Waals surface area contributed by atoms with Gasteiger partial charge in [0.15, 0.2) is 12.0 Å². The number of aldehydes is 1. The second-order valence-corrected chi connectivity index (χ2v) is 6.99. The molecule has 1 saturated heterocycles. The van der Waals surface area contributed by atoms with E-state index in [1.54, 1.807) is 0 Å². The summed E-state index contributed by atoms with van der Waals surface area (Å²) in [6.07, 6.45) is 0.910. The highest BCUT2D eigenvalue weighted by molar-refractivity contribution is 5.90. The van der Waals surface area contributed by atoms with Crippen LogP contribution in [0, 0.1) is 0 Å². The molecule has 21 heavy (non-hydrogen) atoms. The number of carbonyl (C=O) groups is 1. The Labute approximate surface area is 125 Å². The third kappa shape index (κ3) is 1.72. The minimum Gasteiger partial charge on any atom is -0.402 e. The lowest BCUT2D eigenvalue weighted by Crippen LogP contribution is -2.52. The highest BCUT2D eigenvalue weighted by Crippen LogP contribution is 2.50. The van der Waals surface area contributed by atoms with E-state index in [1.807, 2.05) is 42.3 Å². The maximum absolute atomic E-state index is 11.8. The van der Waals surface area contributed by atoms with Crippen LogP contribution >= 0.6 is 0 Å². The molecular weight excluding hydrogens is 264 g/mol. The second kappa shape index (κ2) is 4.18. The number of benzene rings is 1. The second-order valence-electron chi connectivity index (χ2n) is 6.99. The van der Waals surface area contributed by atoms with Crippen molar-refractivity contribution in [1.29, 1.82) is 0 Å². The van der Waals surface area contributed by atoms with Gasteiger partial charge in [-0.1, -0.05) is 30.3 Å². The highest BCUT2D eigenvalue weighted by Gasteiger charge is 2.64. The van der Waals surface area contributed by atoms with Gasteiger partial charge in [-0.25, -0.2) is 0 Å². The molecule has 1 aromatic carbocycles. The molecule has 0 spiro atoms. The SMILES string of the molecule is CC12NC(C)(C)C(C)(C)N1OC(c1ccccc1)=C2C=O. The molecule has 0 radical (unpaired) electrons. The number of carbonyl (C=O) groups excluding carboxylic acids is 1. The summed E-state index contributed by atoms with van der Waals surface area (Å²) in [5, 5.41) is 5.49. The molecule has 1 unspecified atom stereocenters. The summed E-state index contributed by atoms with van der Waals surface area (Å²) in [7, 11) is 0. The van der Waals surface area contributed by atoms with Gasteiger partial charge in [-0.05, 0) is 34.6 Å². The molecule has 0 aliphatic carbocycles. The third-order valence-electron chi connectivity index (χ3n) is 5.10. The number of nitrogens with one attached hydrogen (secondary N) is 1. The maximum atomic E-state index is 11.8. The smallest absolute Gasteiger partial charge is 0.164 e. The molecular formula is C17H22N2O2. The molecule has 2 aliphatic heterocycles. The Balaban J connectivity index is 2.14. The van der Waals surface area contributed by atoms with Gasteiger partial charge in [-0.2, -0.15) is 0 Å². The zero-order chi connectivity index (χ0) is 15.5. The van der Waals surface area contributed by atoms with Gasteiger partial charge in [0.1, 0.15) is 5.66 Å². The molecule has 4 heteroatoms. The molecule has 1 N–H and O–H groups in total. The van der Waals surface area contributed by atoms with Gasteiger partial charge < -0.3 is 4.84 Å². The monoisotopic (exact) mass is 286 g/mol. The molecule has 112 valence electrons. The quantitative estimate of drug-likeness (QED) is 0.849. The highest BCUT2D eigenvalue weighted by atomic mass is 16.7. The van der Waals surface area contributed by atoms with Crippen molar-refractivity contribution in [3.8, 4) is 0 Å². The van der Waals surface area contributed by atoms with E-state index in [2.05, 4.69) is 33.0 Å². The fourth-order valence-electron chi connectivity index (χ4n) is 3.33. The van der Waals surface area contributed by atoms with Crippen LogP contribution < -0.4 is 5.32 Å². The molecule has 4 nitrogen and oxygen atoms in total. The van der Waals surface area contributed by atoms with E-state index < -0.39 is 5.66 Å². The van der Waals surface area contributed by atoms with Crippen LogP contribution in [0.4, 0.5) is 0 Å². The lowest BCUT2D eigenvalue weighted by molar-refractivity contribution is -0.170. The lowest BCUT2D eigenvalue weighted by atomic mass is 9.84. The van der Waals surface area contributed by atoms with E-state index in [4.69, 9.17) is 4.84 Å². The van der Waals surface area contributed by atoms with Crippen LogP contribution in [0.5, 0.6) is 0 Å².